The molecule has 0 amide bonds. The summed E-state index contributed by atoms with van der Waals surface area (Å²) in [6.45, 7) is 4.77. The van der Waals surface area contributed by atoms with Gasteiger partial charge >= 0.3 is 5.97 Å². The topological polar surface area (TPSA) is 99.9 Å². The number of sulfonamides is 1. The van der Waals surface area contributed by atoms with Crippen molar-refractivity contribution in [3.8, 4) is 0 Å². The first kappa shape index (κ1) is 15.7. The molecule has 19 heavy (non-hydrogen) atoms. The first-order valence-corrected chi connectivity index (χ1v) is 7.25. The van der Waals surface area contributed by atoms with E-state index in [1.54, 1.807) is 0 Å². The van der Waals surface area contributed by atoms with Gasteiger partial charge < -0.3 is 14.4 Å². The second-order valence-corrected chi connectivity index (χ2v) is 6.09. The molecule has 0 aliphatic carbocycles. The molecule has 1 aromatic rings. The summed E-state index contributed by atoms with van der Waals surface area (Å²) in [5.74, 6) is -1.71. The van der Waals surface area contributed by atoms with Crippen molar-refractivity contribution in [2.24, 2.45) is 0 Å². The average Bonchev–Trinajstić information content (AvgIpc) is 2.78. The van der Waals surface area contributed by atoms with Gasteiger partial charge in [-0.05, 0) is 33.0 Å². The fourth-order valence-corrected chi connectivity index (χ4v) is 2.21. The van der Waals surface area contributed by atoms with Gasteiger partial charge in [-0.2, -0.15) is 0 Å². The van der Waals surface area contributed by atoms with Crippen LogP contribution in [0.5, 0.6) is 0 Å². The summed E-state index contributed by atoms with van der Waals surface area (Å²) in [6.07, 6.45) is 0. The predicted molar refractivity (Wildman–Crippen MR) is 68.6 cm³/mol. The summed E-state index contributed by atoms with van der Waals surface area (Å²) in [7, 11) is -1.92. The zero-order valence-corrected chi connectivity index (χ0v) is 11.9. The summed E-state index contributed by atoms with van der Waals surface area (Å²) in [6, 6.07) is 2.54. The Morgan fingerprint density at radius 1 is 1.47 bits per heavy atom. The van der Waals surface area contributed by atoms with E-state index in [1.807, 2.05) is 25.8 Å². The second kappa shape index (κ2) is 6.18. The van der Waals surface area contributed by atoms with Crippen LogP contribution in [0.25, 0.3) is 0 Å². The first-order valence-electron chi connectivity index (χ1n) is 5.77. The van der Waals surface area contributed by atoms with Crippen LogP contribution >= 0.6 is 0 Å². The van der Waals surface area contributed by atoms with Gasteiger partial charge in [-0.3, -0.25) is 0 Å². The van der Waals surface area contributed by atoms with Gasteiger partial charge in [-0.25, -0.2) is 17.9 Å². The molecule has 0 bridgehead atoms. The number of aromatic carboxylic acids is 1. The molecule has 0 radical (unpaired) electrons. The first-order chi connectivity index (χ1) is 8.74. The van der Waals surface area contributed by atoms with E-state index in [0.29, 0.717) is 12.6 Å². The molecule has 0 saturated carbocycles. The Balaban J connectivity index is 2.63. The van der Waals surface area contributed by atoms with Crippen LogP contribution in [0, 0.1) is 0 Å². The highest BCUT2D eigenvalue weighted by Gasteiger charge is 2.20. The molecule has 0 aromatic carbocycles. The van der Waals surface area contributed by atoms with Gasteiger partial charge in [0.2, 0.25) is 10.9 Å². The monoisotopic (exact) mass is 290 g/mol. The van der Waals surface area contributed by atoms with Crippen LogP contribution < -0.4 is 4.72 Å². The number of hydrogen-bond acceptors (Lipinski definition) is 5. The summed E-state index contributed by atoms with van der Waals surface area (Å²) in [5.41, 5.74) is 0. The number of nitrogens with zero attached hydrogens (tertiary/aromatic N) is 1. The SMILES string of the molecule is CC(C)N(C)CCNS(=O)(=O)c1ccc(C(=O)O)o1. The molecule has 2 N–H and O–H groups in total. The van der Waals surface area contributed by atoms with Crippen LogP contribution in [-0.2, 0) is 10.0 Å². The van der Waals surface area contributed by atoms with Crippen molar-refractivity contribution in [3.05, 3.63) is 17.9 Å². The normalized spacial score (nSPS) is 12.3. The smallest absolute Gasteiger partial charge is 0.371 e. The lowest BCUT2D eigenvalue weighted by Gasteiger charge is -2.20. The van der Waals surface area contributed by atoms with Crippen LogP contribution in [0.1, 0.15) is 24.4 Å². The van der Waals surface area contributed by atoms with E-state index in [9.17, 15) is 13.2 Å². The molecule has 8 heteroatoms. The lowest BCUT2D eigenvalue weighted by atomic mass is 10.3. The van der Waals surface area contributed by atoms with Crippen molar-refractivity contribution in [3.63, 3.8) is 0 Å². The Hall–Kier alpha value is -1.38. The maximum absolute atomic E-state index is 11.8. The minimum absolute atomic E-state index is 0.222. The van der Waals surface area contributed by atoms with Crippen molar-refractivity contribution in [2.45, 2.75) is 25.0 Å². The van der Waals surface area contributed by atoms with E-state index >= 15 is 0 Å². The van der Waals surface area contributed by atoms with E-state index in [1.165, 1.54) is 0 Å². The predicted octanol–water partition coefficient (Wildman–Crippen LogP) is 0.596. The fourth-order valence-electron chi connectivity index (χ4n) is 1.27. The largest absolute Gasteiger partial charge is 0.475 e. The third kappa shape index (κ3) is 4.34. The minimum Gasteiger partial charge on any atom is -0.475 e. The number of rotatable bonds is 7. The number of hydrogen-bond donors (Lipinski definition) is 2. The van der Waals surface area contributed by atoms with E-state index in [0.717, 1.165) is 12.1 Å². The van der Waals surface area contributed by atoms with Gasteiger partial charge in [-0.15, -0.1) is 0 Å². The third-order valence-corrected chi connectivity index (χ3v) is 4.03. The minimum atomic E-state index is -3.80. The van der Waals surface area contributed by atoms with Crippen molar-refractivity contribution in [1.82, 2.24) is 9.62 Å². The highest BCUT2D eigenvalue weighted by atomic mass is 32.2. The number of carboxylic acids is 1. The Morgan fingerprint density at radius 2 is 2.11 bits per heavy atom. The van der Waals surface area contributed by atoms with E-state index in [-0.39, 0.29) is 6.54 Å². The Labute approximate surface area is 112 Å². The van der Waals surface area contributed by atoms with Gasteiger partial charge in [0.15, 0.2) is 0 Å². The standard InChI is InChI=1S/C11H18N2O5S/c1-8(2)13(3)7-6-12-19(16,17)10-5-4-9(18-10)11(14)15/h4-5,8,12H,6-7H2,1-3H3,(H,14,15). The van der Waals surface area contributed by atoms with E-state index in [2.05, 4.69) is 4.72 Å². The summed E-state index contributed by atoms with van der Waals surface area (Å²) < 4.78 is 30.7. The van der Waals surface area contributed by atoms with E-state index in [4.69, 9.17) is 9.52 Å². The Kier molecular flexibility index (Phi) is 5.10. The molecule has 7 nitrogen and oxygen atoms in total. The molecule has 0 saturated heterocycles. The number of nitrogens with one attached hydrogen (secondary N) is 1. The molecule has 1 heterocycles. The number of carbonyl (C=O) groups is 1. The molecule has 0 atom stereocenters. The van der Waals surface area contributed by atoms with Crippen molar-refractivity contribution < 1.29 is 22.7 Å². The second-order valence-electron chi connectivity index (χ2n) is 4.40. The van der Waals surface area contributed by atoms with Crippen LogP contribution in [0.15, 0.2) is 21.6 Å². The lowest BCUT2D eigenvalue weighted by Crippen LogP contribution is -2.36. The third-order valence-electron chi connectivity index (χ3n) is 2.70. The zero-order valence-electron chi connectivity index (χ0n) is 11.1. The molecule has 0 aliphatic rings. The molecule has 0 spiro atoms. The summed E-state index contributed by atoms with van der Waals surface area (Å²) >= 11 is 0. The molecule has 0 aliphatic heterocycles. The lowest BCUT2D eigenvalue weighted by molar-refractivity contribution is 0.0656. The van der Waals surface area contributed by atoms with Gasteiger partial charge in [0.1, 0.15) is 0 Å². The number of likely N-dealkylation sites (N-methyl/N-ethyl adjacent to an activating group) is 1. The van der Waals surface area contributed by atoms with Crippen LogP contribution in [-0.4, -0.2) is 50.6 Å². The molecule has 1 rings (SSSR count). The maximum atomic E-state index is 11.8. The van der Waals surface area contributed by atoms with Crippen LogP contribution in [0.2, 0.25) is 0 Å². The molecular formula is C11H18N2O5S. The van der Waals surface area contributed by atoms with Crippen LogP contribution in [0.4, 0.5) is 0 Å². The molecule has 0 unspecified atom stereocenters. The molecule has 108 valence electrons. The maximum Gasteiger partial charge on any atom is 0.371 e. The molecular weight excluding hydrogens is 272 g/mol. The highest BCUT2D eigenvalue weighted by Crippen LogP contribution is 2.13. The zero-order chi connectivity index (χ0) is 14.6. The quantitative estimate of drug-likeness (QED) is 0.762. The van der Waals surface area contributed by atoms with Crippen molar-refractivity contribution in [2.75, 3.05) is 20.1 Å². The van der Waals surface area contributed by atoms with Gasteiger partial charge in [0.25, 0.3) is 10.0 Å². The number of furan rings is 1. The summed E-state index contributed by atoms with van der Waals surface area (Å²) in [5, 5.41) is 8.27. The van der Waals surface area contributed by atoms with Gasteiger partial charge in [-0.1, -0.05) is 0 Å². The van der Waals surface area contributed by atoms with Crippen LogP contribution in [0.3, 0.4) is 0 Å². The molecule has 0 fully saturated rings. The van der Waals surface area contributed by atoms with Gasteiger partial charge in [0.05, 0.1) is 0 Å². The van der Waals surface area contributed by atoms with E-state index < -0.39 is 26.8 Å². The van der Waals surface area contributed by atoms with Crippen molar-refractivity contribution in [1.29, 1.82) is 0 Å². The van der Waals surface area contributed by atoms with Gasteiger partial charge in [0, 0.05) is 19.1 Å². The molecule has 1 aromatic heterocycles. The number of carboxylic acid groups (broad SMARTS) is 1. The Morgan fingerprint density at radius 3 is 2.58 bits per heavy atom. The highest BCUT2D eigenvalue weighted by molar-refractivity contribution is 7.89. The average molecular weight is 290 g/mol. The van der Waals surface area contributed by atoms with Crippen molar-refractivity contribution >= 4 is 16.0 Å². The summed E-state index contributed by atoms with van der Waals surface area (Å²) in [4.78, 5) is 12.6. The Bertz CT molecular complexity index is 535. The fraction of sp³-hybridized carbons (Fsp3) is 0.545.